The maximum Gasteiger partial charge on any atom is 0.520 e. The van der Waals surface area contributed by atoms with Crippen LogP contribution in [0.3, 0.4) is 0 Å². The van der Waals surface area contributed by atoms with Gasteiger partial charge >= 0.3 is 11.7 Å². The van der Waals surface area contributed by atoms with E-state index in [9.17, 15) is 4.79 Å². The van der Waals surface area contributed by atoms with Crippen molar-refractivity contribution in [2.75, 3.05) is 33.4 Å². The lowest BCUT2D eigenvalue weighted by Crippen LogP contribution is -2.39. The van der Waals surface area contributed by atoms with Gasteiger partial charge in [-0.2, -0.15) is 4.58 Å². The average molecular weight is 264 g/mol. The van der Waals surface area contributed by atoms with Crippen molar-refractivity contribution >= 4 is 17.7 Å². The van der Waals surface area contributed by atoms with E-state index in [1.165, 1.54) is 0 Å². The molecular weight excluding hydrogens is 250 g/mol. The van der Waals surface area contributed by atoms with Crippen LogP contribution in [0.4, 0.5) is 6.01 Å². The molecule has 1 aromatic rings. The number of amidine groups is 1. The molecule has 2 aliphatic heterocycles. The zero-order valence-corrected chi connectivity index (χ0v) is 10.5. The van der Waals surface area contributed by atoms with Crippen molar-refractivity contribution in [1.82, 2.24) is 14.6 Å². The van der Waals surface area contributed by atoms with Gasteiger partial charge < -0.3 is 9.64 Å². The third kappa shape index (κ3) is 1.99. The average Bonchev–Trinajstić information content (AvgIpc) is 2.94. The van der Waals surface area contributed by atoms with Crippen LogP contribution in [0.15, 0.2) is 21.5 Å². The molecule has 0 unspecified atom stereocenters. The highest BCUT2D eigenvalue weighted by atomic mass is 16.5. The van der Waals surface area contributed by atoms with Crippen LogP contribution in [0.5, 0.6) is 0 Å². The second kappa shape index (κ2) is 4.47. The van der Waals surface area contributed by atoms with Crippen LogP contribution in [0.2, 0.25) is 0 Å². The summed E-state index contributed by atoms with van der Waals surface area (Å²) in [6.07, 6.45) is 3.33. The molecule has 0 aliphatic carbocycles. The molecule has 1 N–H and O–H groups in total. The van der Waals surface area contributed by atoms with Crippen LogP contribution in [-0.2, 0) is 4.74 Å². The second-order valence-corrected chi connectivity index (χ2v) is 4.30. The lowest BCUT2D eigenvalue weighted by atomic mass is 10.3. The molecule has 3 heterocycles. The molecule has 0 spiro atoms. The Balaban J connectivity index is 1.76. The van der Waals surface area contributed by atoms with Crippen molar-refractivity contribution in [2.45, 2.75) is 0 Å². The van der Waals surface area contributed by atoms with Gasteiger partial charge in [0.2, 0.25) is 0 Å². The highest BCUT2D eigenvalue weighted by Crippen LogP contribution is 2.11. The number of hydrogen-bond donors (Lipinski definition) is 1. The Morgan fingerprint density at radius 3 is 2.89 bits per heavy atom. The van der Waals surface area contributed by atoms with Crippen molar-refractivity contribution in [2.24, 2.45) is 0 Å². The number of fused-ring (bicyclic) bond motifs is 2. The number of allylic oxidation sites excluding steroid dienone is 1. The lowest BCUT2D eigenvalue weighted by molar-refractivity contribution is -0.418. The third-order valence-corrected chi connectivity index (χ3v) is 3.12. The van der Waals surface area contributed by atoms with Crippen molar-refractivity contribution in [3.63, 3.8) is 0 Å². The molecule has 0 aromatic carbocycles. The molecule has 0 amide bonds. The molecule has 0 radical (unpaired) electrons. The standard InChI is InChI=1S/C11H14N5O3/c1-14-9(16-10(17)13-11(14)19-16)3-2-8(12)15-4-6-18-7-5-15/h2-3,12H,4-7H2,1H3/q+1/b3-2-,12-8?. The fraction of sp³-hybridized carbons (Fsp3) is 0.455. The lowest BCUT2D eigenvalue weighted by Gasteiger charge is -2.27. The van der Waals surface area contributed by atoms with E-state index in [-0.39, 0.29) is 6.01 Å². The van der Waals surface area contributed by atoms with E-state index in [0.29, 0.717) is 38.0 Å². The fourth-order valence-electron chi connectivity index (χ4n) is 2.03. The number of ether oxygens (including phenoxy) is 1. The Morgan fingerprint density at radius 2 is 2.21 bits per heavy atom. The van der Waals surface area contributed by atoms with E-state index in [1.54, 1.807) is 23.8 Å². The van der Waals surface area contributed by atoms with Gasteiger partial charge in [0.25, 0.3) is 5.84 Å². The molecule has 1 aromatic heterocycles. The van der Waals surface area contributed by atoms with Gasteiger partial charge in [-0.3, -0.25) is 5.41 Å². The minimum atomic E-state index is -0.439. The number of morpholine rings is 1. The number of rotatable bonds is 2. The van der Waals surface area contributed by atoms with Crippen LogP contribution in [-0.4, -0.2) is 64.2 Å². The summed E-state index contributed by atoms with van der Waals surface area (Å²) in [5, 5.41) is 7.97. The molecule has 1 saturated heterocycles. The largest absolute Gasteiger partial charge is 0.520 e. The first-order valence-electron chi connectivity index (χ1n) is 5.97. The van der Waals surface area contributed by atoms with E-state index in [1.807, 2.05) is 4.90 Å². The van der Waals surface area contributed by atoms with Gasteiger partial charge in [0.1, 0.15) is 5.84 Å². The maximum atomic E-state index is 11.4. The van der Waals surface area contributed by atoms with Crippen LogP contribution in [0, 0.1) is 5.41 Å². The highest BCUT2D eigenvalue weighted by Gasteiger charge is 2.32. The van der Waals surface area contributed by atoms with E-state index >= 15 is 0 Å². The minimum absolute atomic E-state index is 0.266. The summed E-state index contributed by atoms with van der Waals surface area (Å²) in [5.41, 5.74) is -0.439. The van der Waals surface area contributed by atoms with Crippen molar-refractivity contribution in [3.05, 3.63) is 22.6 Å². The smallest absolute Gasteiger partial charge is 0.378 e. The summed E-state index contributed by atoms with van der Waals surface area (Å²) in [6, 6.07) is 0.266. The van der Waals surface area contributed by atoms with Gasteiger partial charge in [-0.25, -0.2) is 9.32 Å². The molecule has 1 fully saturated rings. The molecule has 8 heteroatoms. The van der Waals surface area contributed by atoms with Crippen LogP contribution < -0.4 is 5.69 Å². The Labute approximate surface area is 108 Å². The molecular formula is C11H14N5O3+. The zero-order valence-electron chi connectivity index (χ0n) is 10.5. The van der Waals surface area contributed by atoms with E-state index in [2.05, 4.69) is 4.98 Å². The van der Waals surface area contributed by atoms with E-state index in [4.69, 9.17) is 14.7 Å². The summed E-state index contributed by atoms with van der Waals surface area (Å²) >= 11 is 0. The van der Waals surface area contributed by atoms with E-state index < -0.39 is 5.69 Å². The molecule has 19 heavy (non-hydrogen) atoms. The van der Waals surface area contributed by atoms with Crippen molar-refractivity contribution in [3.8, 4) is 0 Å². The highest BCUT2D eigenvalue weighted by molar-refractivity contribution is 5.99. The number of hydrogen-bond acceptors (Lipinski definition) is 5. The van der Waals surface area contributed by atoms with Crippen molar-refractivity contribution in [1.29, 1.82) is 5.41 Å². The number of nitrogens with zero attached hydrogens (tertiary/aromatic N) is 4. The Kier molecular flexibility index (Phi) is 2.79. The summed E-state index contributed by atoms with van der Waals surface area (Å²) in [5.74, 6) is 0.954. The van der Waals surface area contributed by atoms with Gasteiger partial charge in [-0.05, 0) is 6.08 Å². The van der Waals surface area contributed by atoms with Crippen molar-refractivity contribution < 1.29 is 13.8 Å². The third-order valence-electron chi connectivity index (χ3n) is 3.12. The number of nitrogens with one attached hydrogen (secondary N) is 1. The van der Waals surface area contributed by atoms with Crippen LogP contribution >= 0.6 is 0 Å². The monoisotopic (exact) mass is 264 g/mol. The molecule has 2 bridgehead atoms. The molecule has 100 valence electrons. The SMILES string of the molecule is C[N+]1=C(/C=C\C(=N)N2CCOCC2)n2oc1nc2=O. The maximum absolute atomic E-state index is 11.4. The topological polar surface area (TPSA) is 87.4 Å². The van der Waals surface area contributed by atoms with Crippen LogP contribution in [0.25, 0.3) is 0 Å². The Hall–Kier alpha value is -2.22. The van der Waals surface area contributed by atoms with Gasteiger partial charge in [-0.15, -0.1) is 0 Å². The Bertz CT molecular complexity index is 633. The first kappa shape index (κ1) is 11.8. The summed E-state index contributed by atoms with van der Waals surface area (Å²) in [4.78, 5) is 17.0. The van der Waals surface area contributed by atoms with Gasteiger partial charge in [0, 0.05) is 28.9 Å². The quantitative estimate of drug-likeness (QED) is 0.431. The van der Waals surface area contributed by atoms with Gasteiger partial charge in [0.15, 0.2) is 0 Å². The number of aromatic nitrogens is 2. The molecule has 0 saturated carbocycles. The summed E-state index contributed by atoms with van der Waals surface area (Å²) < 4.78 is 13.2. The molecule has 8 nitrogen and oxygen atoms in total. The predicted octanol–water partition coefficient (Wildman–Crippen LogP) is -0.764. The first-order chi connectivity index (χ1) is 9.16. The van der Waals surface area contributed by atoms with E-state index in [0.717, 1.165) is 4.74 Å². The van der Waals surface area contributed by atoms with Gasteiger partial charge in [0.05, 0.1) is 20.3 Å². The zero-order chi connectivity index (χ0) is 13.4. The normalized spacial score (nSPS) is 18.7. The molecule has 2 aliphatic rings. The predicted molar refractivity (Wildman–Crippen MR) is 66.3 cm³/mol. The Morgan fingerprint density at radius 1 is 1.47 bits per heavy atom. The first-order valence-corrected chi connectivity index (χ1v) is 5.97. The van der Waals surface area contributed by atoms with Crippen LogP contribution in [0.1, 0.15) is 0 Å². The summed E-state index contributed by atoms with van der Waals surface area (Å²) in [6.45, 7) is 2.69. The van der Waals surface area contributed by atoms with Gasteiger partial charge in [-0.1, -0.05) is 0 Å². The molecule has 3 rings (SSSR count). The second-order valence-electron chi connectivity index (χ2n) is 4.30. The molecule has 0 atom stereocenters. The summed E-state index contributed by atoms with van der Waals surface area (Å²) in [7, 11) is 1.75. The fourth-order valence-corrected chi connectivity index (χ4v) is 2.03. The minimum Gasteiger partial charge on any atom is -0.378 e.